The Labute approximate surface area is 205 Å². The first-order valence-electron chi connectivity index (χ1n) is 14.3. The van der Waals surface area contributed by atoms with Gasteiger partial charge < -0.3 is 0 Å². The first-order valence-corrected chi connectivity index (χ1v) is 14.3. The molecular formula is C31H51N2+. The smallest absolute Gasteiger partial charge is 0.0965 e. The lowest BCUT2D eigenvalue weighted by molar-refractivity contribution is 0.284. The standard InChI is InChI=1S/C31H51N2/c1-3-5-7-8-9-10-11-12-13-14-15-20-24-30(31-32-25-26-33-31)29(23-17-6-4-2)27-28-21-18-16-19-22-28/h16,18-19,21-22,25-26,29-30H,3-15,17,20,23-24,27H2,1-2H3/q+1. The average Bonchev–Trinajstić information content (AvgIpc) is 3.37. The van der Waals surface area contributed by atoms with Gasteiger partial charge in [0.1, 0.15) is 0 Å². The summed E-state index contributed by atoms with van der Waals surface area (Å²) >= 11 is 0. The first kappa shape index (κ1) is 27.7. The number of rotatable bonds is 21. The van der Waals surface area contributed by atoms with E-state index >= 15 is 0 Å². The van der Waals surface area contributed by atoms with Gasteiger partial charge in [0.2, 0.25) is 6.17 Å². The van der Waals surface area contributed by atoms with E-state index in [1.807, 2.05) is 12.4 Å². The van der Waals surface area contributed by atoms with Crippen LogP contribution >= 0.6 is 0 Å². The summed E-state index contributed by atoms with van der Waals surface area (Å²) in [6.45, 7) is 4.60. The summed E-state index contributed by atoms with van der Waals surface area (Å²) in [5, 5.41) is 0. The van der Waals surface area contributed by atoms with Crippen molar-refractivity contribution in [1.82, 2.24) is 0 Å². The Morgan fingerprint density at radius 3 is 1.67 bits per heavy atom. The molecule has 0 saturated carbocycles. The molecular weight excluding hydrogens is 400 g/mol. The van der Waals surface area contributed by atoms with Crippen molar-refractivity contribution in [1.29, 1.82) is 0 Å². The van der Waals surface area contributed by atoms with Crippen molar-refractivity contribution >= 4 is 12.4 Å². The molecule has 1 aliphatic heterocycles. The van der Waals surface area contributed by atoms with Gasteiger partial charge >= 0.3 is 0 Å². The second-order valence-electron chi connectivity index (χ2n) is 10.1. The van der Waals surface area contributed by atoms with Crippen LogP contribution in [0.25, 0.3) is 0 Å². The zero-order chi connectivity index (χ0) is 23.4. The van der Waals surface area contributed by atoms with E-state index in [9.17, 15) is 0 Å². The van der Waals surface area contributed by atoms with Crippen molar-refractivity contribution in [3.05, 3.63) is 42.1 Å². The molecule has 2 heteroatoms. The average molecular weight is 452 g/mol. The Bertz CT molecular complexity index is 609. The Morgan fingerprint density at radius 1 is 0.606 bits per heavy atom. The molecule has 0 saturated heterocycles. The molecule has 0 amide bonds. The third-order valence-electron chi connectivity index (χ3n) is 7.27. The van der Waals surface area contributed by atoms with E-state index in [1.165, 1.54) is 115 Å². The first-order chi connectivity index (χ1) is 16.3. The fourth-order valence-electron chi connectivity index (χ4n) is 5.24. The molecule has 184 valence electrons. The van der Waals surface area contributed by atoms with Gasteiger partial charge in [-0.25, -0.2) is 0 Å². The zero-order valence-electron chi connectivity index (χ0n) is 21.8. The lowest BCUT2D eigenvalue weighted by atomic mass is 9.78. The molecule has 0 fully saturated rings. The minimum absolute atomic E-state index is 0.500. The summed E-state index contributed by atoms with van der Waals surface area (Å²) in [5.41, 5.74) is 1.46. The van der Waals surface area contributed by atoms with E-state index in [-0.39, 0.29) is 0 Å². The maximum absolute atomic E-state index is 4.67. The van der Waals surface area contributed by atoms with Crippen LogP contribution in [-0.2, 0) is 6.42 Å². The van der Waals surface area contributed by atoms with E-state index in [1.54, 1.807) is 0 Å². The molecule has 0 bridgehead atoms. The van der Waals surface area contributed by atoms with Crippen LogP contribution in [0.5, 0.6) is 0 Å². The molecule has 1 aliphatic rings. The summed E-state index contributed by atoms with van der Waals surface area (Å²) in [6, 6.07) is 11.1. The van der Waals surface area contributed by atoms with Crippen molar-refractivity contribution < 1.29 is 0 Å². The topological polar surface area (TPSA) is 24.7 Å². The normalized spacial score (nSPS) is 14.8. The lowest BCUT2D eigenvalue weighted by Crippen LogP contribution is -2.22. The Kier molecular flexibility index (Phi) is 15.8. The minimum atomic E-state index is 0.500. The van der Waals surface area contributed by atoms with Crippen molar-refractivity contribution in [3.63, 3.8) is 0 Å². The molecule has 2 unspecified atom stereocenters. The summed E-state index contributed by atoms with van der Waals surface area (Å²) < 4.78 is 0. The van der Waals surface area contributed by atoms with Crippen molar-refractivity contribution in [2.75, 3.05) is 0 Å². The van der Waals surface area contributed by atoms with Crippen molar-refractivity contribution in [2.24, 2.45) is 21.8 Å². The van der Waals surface area contributed by atoms with Crippen LogP contribution in [-0.4, -0.2) is 12.4 Å². The van der Waals surface area contributed by atoms with Gasteiger partial charge in [-0.15, -0.1) is 0 Å². The maximum atomic E-state index is 4.67. The van der Waals surface area contributed by atoms with E-state index in [2.05, 4.69) is 54.2 Å². The van der Waals surface area contributed by atoms with Gasteiger partial charge in [-0.3, -0.25) is 0 Å². The van der Waals surface area contributed by atoms with Crippen molar-refractivity contribution in [2.45, 2.75) is 129 Å². The molecule has 0 N–H and O–H groups in total. The summed E-state index contributed by atoms with van der Waals surface area (Å²) in [7, 11) is 0. The zero-order valence-corrected chi connectivity index (χ0v) is 21.8. The predicted octanol–water partition coefficient (Wildman–Crippen LogP) is 9.78. The second-order valence-corrected chi connectivity index (χ2v) is 10.1. The SMILES string of the molecule is CCCCCCCCCCCCCCC([C+]1N=CC=N1)C(CCCCC)Cc1ccccc1. The Hall–Kier alpha value is -1.57. The molecule has 2 nitrogen and oxygen atoms in total. The fraction of sp³-hybridized carbons (Fsp3) is 0.710. The number of aliphatic imine (C=N–C) groups is 2. The van der Waals surface area contributed by atoms with Gasteiger partial charge in [-0.2, -0.15) is 0 Å². The van der Waals surface area contributed by atoms with Crippen LogP contribution in [0.15, 0.2) is 40.3 Å². The molecule has 33 heavy (non-hydrogen) atoms. The molecule has 1 aromatic carbocycles. The quantitative estimate of drug-likeness (QED) is 0.131. The van der Waals surface area contributed by atoms with Gasteiger partial charge in [0.15, 0.2) is 12.4 Å². The van der Waals surface area contributed by atoms with E-state index in [4.69, 9.17) is 0 Å². The number of unbranched alkanes of at least 4 members (excludes halogenated alkanes) is 13. The molecule has 2 rings (SSSR count). The molecule has 0 aliphatic carbocycles. The van der Waals surface area contributed by atoms with Gasteiger partial charge in [0, 0.05) is 0 Å². The third kappa shape index (κ3) is 12.5. The third-order valence-corrected chi connectivity index (χ3v) is 7.27. The van der Waals surface area contributed by atoms with Gasteiger partial charge in [-0.1, -0.05) is 150 Å². The monoisotopic (exact) mass is 451 g/mol. The van der Waals surface area contributed by atoms with Crippen LogP contribution in [0.2, 0.25) is 0 Å². The number of hydrogen-bond donors (Lipinski definition) is 0. The highest BCUT2D eigenvalue weighted by Gasteiger charge is 2.35. The fourth-order valence-corrected chi connectivity index (χ4v) is 5.24. The highest BCUT2D eigenvalue weighted by atomic mass is 15.0. The van der Waals surface area contributed by atoms with Gasteiger partial charge in [0.05, 0.1) is 5.92 Å². The van der Waals surface area contributed by atoms with E-state index in [0.717, 1.165) is 12.6 Å². The molecule has 0 aromatic heterocycles. The molecule has 1 aromatic rings. The largest absolute Gasteiger partial charge is 0.244 e. The van der Waals surface area contributed by atoms with Gasteiger partial charge in [-0.05, 0) is 30.7 Å². The van der Waals surface area contributed by atoms with E-state index in [0.29, 0.717) is 11.8 Å². The summed E-state index contributed by atoms with van der Waals surface area (Å²) in [4.78, 5) is 9.34. The molecule has 0 spiro atoms. The van der Waals surface area contributed by atoms with Crippen LogP contribution in [0.1, 0.15) is 129 Å². The van der Waals surface area contributed by atoms with Crippen LogP contribution in [0.3, 0.4) is 0 Å². The lowest BCUT2D eigenvalue weighted by Gasteiger charge is -2.26. The highest BCUT2D eigenvalue weighted by Crippen LogP contribution is 2.36. The maximum Gasteiger partial charge on any atom is 0.244 e. The number of benzene rings is 1. The summed E-state index contributed by atoms with van der Waals surface area (Å²) in [6.07, 6.45) is 29.4. The summed E-state index contributed by atoms with van der Waals surface area (Å²) in [5.74, 6) is 1.15. The van der Waals surface area contributed by atoms with Crippen LogP contribution < -0.4 is 0 Å². The van der Waals surface area contributed by atoms with Crippen molar-refractivity contribution in [3.8, 4) is 0 Å². The molecule has 2 atom stereocenters. The number of nitrogens with zero attached hydrogens (tertiary/aromatic N) is 2. The Balaban J connectivity index is 1.74. The second kappa shape index (κ2) is 18.8. The van der Waals surface area contributed by atoms with E-state index < -0.39 is 0 Å². The number of hydrogen-bond acceptors (Lipinski definition) is 2. The molecule has 0 radical (unpaired) electrons. The predicted molar refractivity (Wildman–Crippen MR) is 147 cm³/mol. The molecule has 1 heterocycles. The minimum Gasteiger partial charge on any atom is -0.0965 e. The van der Waals surface area contributed by atoms with Crippen LogP contribution in [0.4, 0.5) is 0 Å². The Morgan fingerprint density at radius 2 is 1.09 bits per heavy atom. The van der Waals surface area contributed by atoms with Gasteiger partial charge in [0.25, 0.3) is 0 Å². The van der Waals surface area contributed by atoms with Crippen LogP contribution in [0, 0.1) is 18.0 Å². The highest BCUT2D eigenvalue weighted by molar-refractivity contribution is 6.18.